The molecule has 7 rings (SSSR count). The molecule has 1 spiro atoms. The number of ketones is 2. The van der Waals surface area contributed by atoms with Gasteiger partial charge in [-0.15, -0.1) is 0 Å². The molecule has 42 heavy (non-hydrogen) atoms. The Morgan fingerprint density at radius 1 is 0.833 bits per heavy atom. The third-order valence-electron chi connectivity index (χ3n) is 8.85. The predicted molar refractivity (Wildman–Crippen MR) is 159 cm³/mol. The van der Waals surface area contributed by atoms with Gasteiger partial charge in [-0.25, -0.2) is 0 Å². The van der Waals surface area contributed by atoms with Crippen molar-refractivity contribution in [3.63, 3.8) is 0 Å². The molecule has 3 heterocycles. The summed E-state index contributed by atoms with van der Waals surface area (Å²) in [5, 5.41) is 3.07. The highest BCUT2D eigenvalue weighted by atomic mass is 16.5. The highest BCUT2D eigenvalue weighted by Gasteiger charge is 2.70. The minimum absolute atomic E-state index is 0.275. The summed E-state index contributed by atoms with van der Waals surface area (Å²) in [5.74, 6) is -1.12. The molecule has 7 heteroatoms. The van der Waals surface area contributed by atoms with Gasteiger partial charge in [0.15, 0.2) is 11.6 Å². The Labute approximate surface area is 243 Å². The topological polar surface area (TPSA) is 84.9 Å². The second kappa shape index (κ2) is 9.73. The van der Waals surface area contributed by atoms with E-state index in [4.69, 9.17) is 9.47 Å². The molecular formula is C35H28N2O5. The molecule has 1 N–H and O–H groups in total. The van der Waals surface area contributed by atoms with Crippen LogP contribution in [0.5, 0.6) is 11.5 Å². The second-order valence-corrected chi connectivity index (χ2v) is 10.7. The van der Waals surface area contributed by atoms with Gasteiger partial charge < -0.3 is 19.7 Å². The van der Waals surface area contributed by atoms with E-state index in [2.05, 4.69) is 5.32 Å². The fraction of sp³-hybridized carbons (Fsp3) is 0.171. The molecule has 4 aromatic carbocycles. The van der Waals surface area contributed by atoms with E-state index < -0.39 is 23.4 Å². The van der Waals surface area contributed by atoms with Crippen LogP contribution < -0.4 is 14.8 Å². The van der Waals surface area contributed by atoms with Crippen LogP contribution >= 0.6 is 0 Å². The number of hydrogen-bond acceptors (Lipinski definition) is 6. The highest BCUT2D eigenvalue weighted by molar-refractivity contribution is 6.17. The van der Waals surface area contributed by atoms with Crippen molar-refractivity contribution < 1.29 is 23.9 Å². The number of carbonyl (C=O) groups is 3. The largest absolute Gasteiger partial charge is 0.497 e. The van der Waals surface area contributed by atoms with E-state index >= 15 is 0 Å². The van der Waals surface area contributed by atoms with Gasteiger partial charge in [0.1, 0.15) is 23.0 Å². The van der Waals surface area contributed by atoms with Crippen LogP contribution in [0.2, 0.25) is 0 Å². The zero-order valence-corrected chi connectivity index (χ0v) is 23.1. The van der Waals surface area contributed by atoms with Crippen molar-refractivity contribution in [1.82, 2.24) is 4.90 Å². The lowest BCUT2D eigenvalue weighted by Crippen LogP contribution is -2.49. The van der Waals surface area contributed by atoms with E-state index in [0.29, 0.717) is 28.3 Å². The molecule has 0 bridgehead atoms. The lowest BCUT2D eigenvalue weighted by Gasteiger charge is -2.38. The van der Waals surface area contributed by atoms with E-state index in [-0.39, 0.29) is 23.0 Å². The van der Waals surface area contributed by atoms with Crippen LogP contribution in [0, 0.1) is 5.92 Å². The number of Topliss-reactive ketones (excluding diaryl/α,β-unsaturated/α-hetero) is 2. The molecular weight excluding hydrogens is 528 g/mol. The lowest BCUT2D eigenvalue weighted by atomic mass is 9.62. The lowest BCUT2D eigenvalue weighted by molar-refractivity contribution is -0.122. The summed E-state index contributed by atoms with van der Waals surface area (Å²) in [5.41, 5.74) is 2.49. The number of para-hydroxylation sites is 1. The summed E-state index contributed by atoms with van der Waals surface area (Å²) in [6, 6.07) is 27.6. The summed E-state index contributed by atoms with van der Waals surface area (Å²) >= 11 is 0. The second-order valence-electron chi connectivity index (χ2n) is 10.7. The number of nitrogens with one attached hydrogen (secondary N) is 1. The van der Waals surface area contributed by atoms with Gasteiger partial charge in [-0.3, -0.25) is 14.4 Å². The van der Waals surface area contributed by atoms with Crippen molar-refractivity contribution in [3.05, 3.63) is 131 Å². The number of benzene rings is 4. The Morgan fingerprint density at radius 3 is 2.36 bits per heavy atom. The third-order valence-corrected chi connectivity index (χ3v) is 8.85. The summed E-state index contributed by atoms with van der Waals surface area (Å²) < 4.78 is 11.1. The number of fused-ring (bicyclic) bond motifs is 6. The molecule has 1 amide bonds. The third kappa shape index (κ3) is 3.49. The van der Waals surface area contributed by atoms with Crippen molar-refractivity contribution in [2.24, 2.45) is 5.92 Å². The van der Waals surface area contributed by atoms with Gasteiger partial charge in [-0.2, -0.15) is 0 Å². The van der Waals surface area contributed by atoms with Gasteiger partial charge in [0, 0.05) is 17.5 Å². The Bertz CT molecular complexity index is 1780. The van der Waals surface area contributed by atoms with Gasteiger partial charge in [0.25, 0.3) is 0 Å². The maximum Gasteiger partial charge on any atom is 0.238 e. The number of carbonyl (C=O) groups excluding carboxylic acids is 3. The molecule has 4 aromatic rings. The summed E-state index contributed by atoms with van der Waals surface area (Å²) in [6.45, 7) is 0. The molecule has 4 atom stereocenters. The SMILES string of the molecule is COc1ccc(OC)c(C(=O)[C@@H]2[C@@H](C(=O)c3ccccc3)[C@]3(C(=O)Nc4ccccc43)[C@H]3c4ccccc4C=CN23)c1. The smallest absolute Gasteiger partial charge is 0.238 e. The van der Waals surface area contributed by atoms with Crippen LogP contribution in [0.4, 0.5) is 5.69 Å². The molecule has 1 saturated heterocycles. The Balaban J connectivity index is 1.54. The van der Waals surface area contributed by atoms with Crippen molar-refractivity contribution >= 4 is 29.2 Å². The van der Waals surface area contributed by atoms with Crippen molar-refractivity contribution in [1.29, 1.82) is 0 Å². The fourth-order valence-electron chi connectivity index (χ4n) is 7.12. The monoisotopic (exact) mass is 556 g/mol. The Hall–Kier alpha value is -5.17. The molecule has 208 valence electrons. The van der Waals surface area contributed by atoms with E-state index in [1.807, 2.05) is 71.8 Å². The zero-order chi connectivity index (χ0) is 29.0. The predicted octanol–water partition coefficient (Wildman–Crippen LogP) is 5.69. The molecule has 0 aliphatic carbocycles. The molecule has 0 radical (unpaired) electrons. The zero-order valence-electron chi connectivity index (χ0n) is 23.1. The van der Waals surface area contributed by atoms with E-state index in [9.17, 15) is 14.4 Å². The van der Waals surface area contributed by atoms with Gasteiger partial charge in [0.05, 0.1) is 31.7 Å². The minimum Gasteiger partial charge on any atom is -0.497 e. The van der Waals surface area contributed by atoms with Gasteiger partial charge in [0.2, 0.25) is 5.91 Å². The van der Waals surface area contributed by atoms with E-state index in [1.165, 1.54) is 14.2 Å². The number of anilines is 1. The fourth-order valence-corrected chi connectivity index (χ4v) is 7.12. The van der Waals surface area contributed by atoms with Crippen molar-refractivity contribution in [2.45, 2.75) is 17.5 Å². The Kier molecular flexibility index (Phi) is 5.97. The summed E-state index contributed by atoms with van der Waals surface area (Å²) in [6.07, 6.45) is 3.80. The van der Waals surface area contributed by atoms with Gasteiger partial charge in [-0.1, -0.05) is 72.8 Å². The first kappa shape index (κ1) is 25.8. The highest BCUT2D eigenvalue weighted by Crippen LogP contribution is 2.62. The number of methoxy groups -OCH3 is 2. The Morgan fingerprint density at radius 2 is 1.57 bits per heavy atom. The van der Waals surface area contributed by atoms with Crippen LogP contribution in [0.3, 0.4) is 0 Å². The summed E-state index contributed by atoms with van der Waals surface area (Å²) in [4.78, 5) is 46.1. The van der Waals surface area contributed by atoms with Gasteiger partial charge >= 0.3 is 0 Å². The quantitative estimate of drug-likeness (QED) is 0.308. The maximum absolute atomic E-state index is 14.9. The molecule has 7 nitrogen and oxygen atoms in total. The first-order valence-corrected chi connectivity index (χ1v) is 13.8. The maximum atomic E-state index is 14.9. The minimum atomic E-state index is -1.39. The normalized spacial score (nSPS) is 23.1. The van der Waals surface area contributed by atoms with Gasteiger partial charge in [-0.05, 0) is 47.0 Å². The average molecular weight is 557 g/mol. The molecule has 0 aromatic heterocycles. The first-order chi connectivity index (χ1) is 20.5. The van der Waals surface area contributed by atoms with E-state index in [1.54, 1.807) is 42.5 Å². The van der Waals surface area contributed by atoms with E-state index in [0.717, 1.165) is 11.1 Å². The van der Waals surface area contributed by atoms with Crippen LogP contribution in [-0.4, -0.2) is 42.6 Å². The molecule has 3 aliphatic heterocycles. The standard InChI is InChI=1S/C35H28N2O5/c1-41-23-16-17-28(42-2)25(20-23)32(39)30-29(31(38)22-11-4-3-5-12-22)35(26-14-8-9-15-27(26)36-34(35)40)33-24-13-7-6-10-21(24)18-19-37(30)33/h3-20,29-30,33H,1-2H3,(H,36,40)/t29-,30-,33+,35-/m0/s1. The number of rotatable bonds is 6. The van der Waals surface area contributed by atoms with Crippen LogP contribution in [0.1, 0.15) is 43.4 Å². The molecule has 1 fully saturated rings. The summed E-state index contributed by atoms with van der Waals surface area (Å²) in [7, 11) is 3.03. The first-order valence-electron chi connectivity index (χ1n) is 13.8. The molecule has 0 unspecified atom stereocenters. The van der Waals surface area contributed by atoms with Crippen LogP contribution in [0.25, 0.3) is 6.08 Å². The molecule has 3 aliphatic rings. The number of ether oxygens (including phenoxy) is 2. The van der Waals surface area contributed by atoms with Crippen molar-refractivity contribution in [2.75, 3.05) is 19.5 Å². The number of hydrogen-bond donors (Lipinski definition) is 1. The molecule has 0 saturated carbocycles. The van der Waals surface area contributed by atoms with Crippen LogP contribution in [0.15, 0.2) is 103 Å². The number of nitrogens with zero attached hydrogens (tertiary/aromatic N) is 1. The van der Waals surface area contributed by atoms with Crippen molar-refractivity contribution in [3.8, 4) is 11.5 Å². The van der Waals surface area contributed by atoms with Crippen LogP contribution in [-0.2, 0) is 10.2 Å². The average Bonchev–Trinajstić information content (AvgIpc) is 3.52. The number of amides is 1.